The quantitative estimate of drug-likeness (QED) is 0.163. The van der Waals surface area contributed by atoms with Crippen LogP contribution in [0.25, 0.3) is 45.8 Å². The molecule has 0 N–H and O–H groups in total. The smallest absolute Gasteiger partial charge is 0.0468 e. The fraction of sp³-hybridized carbons (Fsp3) is 0.0800. The molecule has 246 valence electrons. The second kappa shape index (κ2) is 11.6. The second-order valence-electron chi connectivity index (χ2n) is 14.5. The summed E-state index contributed by atoms with van der Waals surface area (Å²) in [5.41, 5.74) is 18.0. The molecule has 4 aliphatic carbocycles. The lowest BCUT2D eigenvalue weighted by Gasteiger charge is -2.28. The molecule has 2 heteroatoms. The molecule has 0 saturated heterocycles. The zero-order valence-corrected chi connectivity index (χ0v) is 28.9. The number of rotatable bonds is 6. The van der Waals surface area contributed by atoms with Crippen LogP contribution in [0.2, 0.25) is 0 Å². The number of fused-ring (bicyclic) bond motifs is 7. The van der Waals surface area contributed by atoms with Crippen molar-refractivity contribution in [3.05, 3.63) is 190 Å². The molecule has 0 bridgehead atoms. The van der Waals surface area contributed by atoms with Crippen LogP contribution in [-0.4, -0.2) is 0 Å². The molecular weight excluding hydrogens is 629 g/mol. The lowest BCUT2D eigenvalue weighted by molar-refractivity contribution is 1.23. The minimum absolute atomic E-state index is 0.988. The van der Waals surface area contributed by atoms with Crippen molar-refractivity contribution in [2.24, 2.45) is 0 Å². The van der Waals surface area contributed by atoms with E-state index in [2.05, 4.69) is 180 Å². The van der Waals surface area contributed by atoms with E-state index in [1.54, 1.807) is 0 Å². The summed E-state index contributed by atoms with van der Waals surface area (Å²) in [6, 6.07) is 46.2. The van der Waals surface area contributed by atoms with Crippen molar-refractivity contribution in [2.45, 2.75) is 25.7 Å². The predicted molar refractivity (Wildman–Crippen MR) is 222 cm³/mol. The first-order valence-electron chi connectivity index (χ1n) is 18.5. The van der Waals surface area contributed by atoms with E-state index >= 15 is 0 Å². The third kappa shape index (κ3) is 4.79. The first kappa shape index (κ1) is 29.4. The van der Waals surface area contributed by atoms with Gasteiger partial charge in [-0.15, -0.1) is 0 Å². The fourth-order valence-electron chi connectivity index (χ4n) is 8.75. The predicted octanol–water partition coefficient (Wildman–Crippen LogP) is 13.2. The van der Waals surface area contributed by atoms with Crippen LogP contribution in [0.1, 0.15) is 44.5 Å². The maximum Gasteiger partial charge on any atom is 0.0468 e. The Balaban J connectivity index is 1.01. The Hall–Kier alpha value is -6.38. The monoisotopic (exact) mass is 664 g/mol. The van der Waals surface area contributed by atoms with Crippen molar-refractivity contribution < 1.29 is 0 Å². The van der Waals surface area contributed by atoms with Crippen LogP contribution >= 0.6 is 0 Å². The summed E-state index contributed by atoms with van der Waals surface area (Å²) in [7, 11) is 0. The molecule has 0 aromatic heterocycles. The van der Waals surface area contributed by atoms with Crippen LogP contribution in [0.15, 0.2) is 146 Å². The van der Waals surface area contributed by atoms with Crippen molar-refractivity contribution in [2.75, 3.05) is 9.80 Å². The second-order valence-corrected chi connectivity index (χ2v) is 14.5. The first-order valence-corrected chi connectivity index (χ1v) is 18.5. The summed E-state index contributed by atoms with van der Waals surface area (Å²) in [6.45, 7) is 0. The van der Waals surface area contributed by atoms with E-state index < -0.39 is 0 Å². The molecule has 0 unspecified atom stereocenters. The molecular formula is C50H36N2. The molecule has 4 aliphatic rings. The zero-order valence-electron chi connectivity index (χ0n) is 28.9. The Morgan fingerprint density at radius 1 is 0.288 bits per heavy atom. The van der Waals surface area contributed by atoms with Gasteiger partial charge in [0.25, 0.3) is 0 Å². The van der Waals surface area contributed by atoms with Crippen molar-refractivity contribution in [3.63, 3.8) is 0 Å². The molecule has 52 heavy (non-hydrogen) atoms. The Morgan fingerprint density at radius 2 is 0.577 bits per heavy atom. The lowest BCUT2D eigenvalue weighted by atomic mass is 9.99. The van der Waals surface area contributed by atoms with Gasteiger partial charge >= 0.3 is 0 Å². The van der Waals surface area contributed by atoms with Crippen molar-refractivity contribution in [1.82, 2.24) is 0 Å². The molecule has 0 fully saturated rings. The van der Waals surface area contributed by atoms with E-state index in [-0.39, 0.29) is 0 Å². The maximum absolute atomic E-state index is 2.43. The Labute approximate surface area is 304 Å². The SMILES string of the molecule is C1=Cc2ccc(N(c3ccc4c(c3)CC=C4)c3ccc4c(ccc5cc(N(c6ccc7c(c6)CC=C7)c6ccc7c(c6)CC=C7)ccc54)c3)cc2C1. The summed E-state index contributed by atoms with van der Waals surface area (Å²) >= 11 is 0. The first-order chi connectivity index (χ1) is 25.7. The van der Waals surface area contributed by atoms with Crippen LogP contribution in [-0.2, 0) is 25.7 Å². The number of anilines is 6. The Kier molecular flexibility index (Phi) is 6.54. The highest BCUT2D eigenvalue weighted by Gasteiger charge is 2.20. The molecule has 0 spiro atoms. The van der Waals surface area contributed by atoms with Gasteiger partial charge in [-0.1, -0.05) is 97.1 Å². The van der Waals surface area contributed by atoms with E-state index in [1.165, 1.54) is 100 Å². The molecule has 7 aromatic carbocycles. The van der Waals surface area contributed by atoms with E-state index in [0.29, 0.717) is 0 Å². The largest absolute Gasteiger partial charge is 0.310 e. The van der Waals surface area contributed by atoms with Gasteiger partial charge < -0.3 is 9.80 Å². The van der Waals surface area contributed by atoms with E-state index in [0.717, 1.165) is 25.7 Å². The number of benzene rings is 7. The lowest BCUT2D eigenvalue weighted by Crippen LogP contribution is -2.11. The summed E-state index contributed by atoms with van der Waals surface area (Å²) in [5.74, 6) is 0. The van der Waals surface area contributed by atoms with Gasteiger partial charge in [-0.2, -0.15) is 0 Å². The molecule has 7 aromatic rings. The standard InChI is InChI=1S/C50H36N2/c1-5-33-15-19-43(27-37(33)9-1)51(44-20-16-34-6-2-10-38(34)28-44)47-23-25-49-41(31-47)13-14-42-32-48(24-26-50(42)49)52(45-21-17-35-7-3-11-39(35)29-45)46-22-18-36-8-4-12-40(36)30-46/h1-8,13-32H,9-12H2. The normalized spacial score (nSPS) is 14.3. The summed E-state index contributed by atoms with van der Waals surface area (Å²) < 4.78 is 0. The van der Waals surface area contributed by atoms with Gasteiger partial charge in [0.2, 0.25) is 0 Å². The van der Waals surface area contributed by atoms with Gasteiger partial charge in [-0.05, 0) is 165 Å². The van der Waals surface area contributed by atoms with Gasteiger partial charge in [0, 0.05) is 34.1 Å². The minimum Gasteiger partial charge on any atom is -0.310 e. The third-order valence-electron chi connectivity index (χ3n) is 11.4. The van der Waals surface area contributed by atoms with Crippen LogP contribution in [0, 0.1) is 0 Å². The highest BCUT2D eigenvalue weighted by molar-refractivity contribution is 6.10. The molecule has 0 saturated carbocycles. The number of hydrogen-bond donors (Lipinski definition) is 0. The van der Waals surface area contributed by atoms with Crippen LogP contribution < -0.4 is 9.80 Å². The molecule has 0 amide bonds. The number of hydrogen-bond acceptors (Lipinski definition) is 2. The van der Waals surface area contributed by atoms with Crippen LogP contribution in [0.3, 0.4) is 0 Å². The van der Waals surface area contributed by atoms with Crippen LogP contribution in [0.4, 0.5) is 34.1 Å². The van der Waals surface area contributed by atoms with Gasteiger partial charge in [-0.3, -0.25) is 0 Å². The Morgan fingerprint density at radius 3 is 0.904 bits per heavy atom. The molecule has 0 aliphatic heterocycles. The molecule has 0 atom stereocenters. The highest BCUT2D eigenvalue weighted by atomic mass is 15.1. The van der Waals surface area contributed by atoms with E-state index in [4.69, 9.17) is 0 Å². The van der Waals surface area contributed by atoms with E-state index in [9.17, 15) is 0 Å². The minimum atomic E-state index is 0.988. The number of allylic oxidation sites excluding steroid dienone is 4. The molecule has 2 nitrogen and oxygen atoms in total. The summed E-state index contributed by atoms with van der Waals surface area (Å²) in [6.07, 6.45) is 22.0. The van der Waals surface area contributed by atoms with Crippen molar-refractivity contribution in [3.8, 4) is 0 Å². The van der Waals surface area contributed by atoms with Gasteiger partial charge in [0.1, 0.15) is 0 Å². The van der Waals surface area contributed by atoms with E-state index in [1.807, 2.05) is 0 Å². The van der Waals surface area contributed by atoms with Crippen molar-refractivity contribution >= 4 is 80.0 Å². The van der Waals surface area contributed by atoms with Crippen LogP contribution in [0.5, 0.6) is 0 Å². The maximum atomic E-state index is 2.43. The van der Waals surface area contributed by atoms with Crippen molar-refractivity contribution in [1.29, 1.82) is 0 Å². The zero-order chi connectivity index (χ0) is 34.2. The molecule has 11 rings (SSSR count). The number of nitrogens with zero attached hydrogens (tertiary/aromatic N) is 2. The van der Waals surface area contributed by atoms with Gasteiger partial charge in [-0.25, -0.2) is 0 Å². The van der Waals surface area contributed by atoms with Gasteiger partial charge in [0.15, 0.2) is 0 Å². The third-order valence-corrected chi connectivity index (χ3v) is 11.4. The molecule has 0 heterocycles. The summed E-state index contributed by atoms with van der Waals surface area (Å²) in [4.78, 5) is 4.86. The summed E-state index contributed by atoms with van der Waals surface area (Å²) in [5, 5.41) is 5.01. The Bertz CT molecular complexity index is 2440. The topological polar surface area (TPSA) is 6.48 Å². The fourth-order valence-corrected chi connectivity index (χ4v) is 8.75. The average Bonchev–Trinajstić information content (AvgIpc) is 4.02. The van der Waals surface area contributed by atoms with Gasteiger partial charge in [0.05, 0.1) is 0 Å². The average molecular weight is 665 g/mol. The molecule has 0 radical (unpaired) electrons. The highest BCUT2D eigenvalue weighted by Crippen LogP contribution is 2.43.